The second-order valence-corrected chi connectivity index (χ2v) is 5.06. The second-order valence-electron chi connectivity index (χ2n) is 5.06. The topological polar surface area (TPSA) is 47.0 Å². The van der Waals surface area contributed by atoms with Crippen LogP contribution in [0.5, 0.6) is 0 Å². The van der Waals surface area contributed by atoms with E-state index >= 15 is 0 Å². The molecule has 4 heteroatoms. The van der Waals surface area contributed by atoms with Gasteiger partial charge < -0.3 is 10.1 Å². The van der Waals surface area contributed by atoms with E-state index in [2.05, 4.69) is 43.0 Å². The highest BCUT2D eigenvalue weighted by molar-refractivity contribution is 5.02. The monoisotopic (exact) mass is 237 g/mol. The zero-order valence-corrected chi connectivity index (χ0v) is 11.2. The van der Waals surface area contributed by atoms with Gasteiger partial charge in [-0.1, -0.05) is 6.92 Å². The van der Waals surface area contributed by atoms with Gasteiger partial charge in [-0.2, -0.15) is 0 Å². The molecule has 0 bridgehead atoms. The first-order valence-corrected chi connectivity index (χ1v) is 6.16. The molecule has 0 spiro atoms. The van der Waals surface area contributed by atoms with Crippen molar-refractivity contribution in [2.45, 2.75) is 45.8 Å². The first-order chi connectivity index (χ1) is 8.03. The highest BCUT2D eigenvalue weighted by atomic mass is 16.5. The fraction of sp³-hybridized carbons (Fsp3) is 0.692. The molecule has 1 aromatic heterocycles. The molecule has 0 fully saturated rings. The summed E-state index contributed by atoms with van der Waals surface area (Å²) in [4.78, 5) is 8.43. The van der Waals surface area contributed by atoms with E-state index in [-0.39, 0.29) is 11.6 Å². The van der Waals surface area contributed by atoms with Gasteiger partial charge in [0.15, 0.2) is 0 Å². The molecule has 0 amide bonds. The lowest BCUT2D eigenvalue weighted by Gasteiger charge is -2.24. The standard InChI is InChI=1S/C13H23N3O/c1-5-6-15-12(10-17-13(2,3)4)11-9-14-7-8-16-11/h7-9,12,15H,5-6,10H2,1-4H3. The highest BCUT2D eigenvalue weighted by Gasteiger charge is 2.17. The van der Waals surface area contributed by atoms with Gasteiger partial charge in [0.1, 0.15) is 0 Å². The average Bonchev–Trinajstić information content (AvgIpc) is 2.29. The number of ether oxygens (including phenoxy) is 1. The van der Waals surface area contributed by atoms with Gasteiger partial charge in [-0.25, -0.2) is 0 Å². The Kier molecular flexibility index (Phi) is 5.51. The lowest BCUT2D eigenvalue weighted by Crippen LogP contribution is -2.31. The first kappa shape index (κ1) is 14.1. The molecule has 96 valence electrons. The number of aromatic nitrogens is 2. The summed E-state index contributed by atoms with van der Waals surface area (Å²) in [5.41, 5.74) is 0.805. The normalized spacial score (nSPS) is 13.6. The Balaban J connectivity index is 2.61. The van der Waals surface area contributed by atoms with Crippen molar-refractivity contribution >= 4 is 0 Å². The molecule has 0 saturated carbocycles. The van der Waals surface area contributed by atoms with Crippen molar-refractivity contribution in [2.24, 2.45) is 0 Å². The van der Waals surface area contributed by atoms with Crippen LogP contribution in [0, 0.1) is 0 Å². The van der Waals surface area contributed by atoms with Crippen LogP contribution in [-0.2, 0) is 4.74 Å². The molecule has 17 heavy (non-hydrogen) atoms. The molecule has 1 aromatic rings. The van der Waals surface area contributed by atoms with Crippen molar-refractivity contribution in [3.05, 3.63) is 24.3 Å². The smallest absolute Gasteiger partial charge is 0.0779 e. The summed E-state index contributed by atoms with van der Waals surface area (Å²) in [5, 5.41) is 3.43. The summed E-state index contributed by atoms with van der Waals surface area (Å²) in [7, 11) is 0. The van der Waals surface area contributed by atoms with Gasteiger partial charge in [0.25, 0.3) is 0 Å². The van der Waals surface area contributed by atoms with E-state index in [0.29, 0.717) is 6.61 Å². The molecule has 0 aliphatic rings. The summed E-state index contributed by atoms with van der Waals surface area (Å²) < 4.78 is 5.81. The minimum Gasteiger partial charge on any atom is -0.374 e. The van der Waals surface area contributed by atoms with E-state index in [1.54, 1.807) is 18.6 Å². The summed E-state index contributed by atoms with van der Waals surface area (Å²) in [6, 6.07) is 0.114. The Bertz CT molecular complexity index is 308. The molecule has 0 aliphatic carbocycles. The van der Waals surface area contributed by atoms with E-state index in [0.717, 1.165) is 18.7 Å². The van der Waals surface area contributed by atoms with Crippen LogP contribution in [-0.4, -0.2) is 28.7 Å². The van der Waals surface area contributed by atoms with E-state index in [4.69, 9.17) is 4.74 Å². The van der Waals surface area contributed by atoms with Crippen LogP contribution in [0.15, 0.2) is 18.6 Å². The van der Waals surface area contributed by atoms with Crippen molar-refractivity contribution in [1.29, 1.82) is 0 Å². The van der Waals surface area contributed by atoms with Gasteiger partial charge in [-0.05, 0) is 33.7 Å². The van der Waals surface area contributed by atoms with Gasteiger partial charge in [0.2, 0.25) is 0 Å². The van der Waals surface area contributed by atoms with Crippen molar-refractivity contribution in [3.8, 4) is 0 Å². The summed E-state index contributed by atoms with van der Waals surface area (Å²) in [6.07, 6.45) is 6.28. The zero-order chi connectivity index (χ0) is 12.7. The van der Waals surface area contributed by atoms with Crippen LogP contribution >= 0.6 is 0 Å². The van der Waals surface area contributed by atoms with Gasteiger partial charge in [-0.15, -0.1) is 0 Å². The van der Waals surface area contributed by atoms with Crippen LogP contribution < -0.4 is 5.32 Å². The van der Waals surface area contributed by atoms with Crippen molar-refractivity contribution in [1.82, 2.24) is 15.3 Å². The fourth-order valence-electron chi connectivity index (χ4n) is 1.39. The van der Waals surface area contributed by atoms with E-state index in [1.807, 2.05) is 0 Å². The summed E-state index contributed by atoms with van der Waals surface area (Å²) >= 11 is 0. The van der Waals surface area contributed by atoms with Gasteiger partial charge in [0, 0.05) is 12.4 Å². The Morgan fingerprint density at radius 2 is 2.12 bits per heavy atom. The zero-order valence-electron chi connectivity index (χ0n) is 11.2. The SMILES string of the molecule is CCCNC(COC(C)(C)C)c1cnccn1. The second kappa shape index (κ2) is 6.67. The molecule has 1 atom stereocenters. The molecule has 0 aliphatic heterocycles. The van der Waals surface area contributed by atoms with Crippen LogP contribution in [0.4, 0.5) is 0 Å². The summed E-state index contributed by atoms with van der Waals surface area (Å²) in [6.45, 7) is 9.88. The minimum atomic E-state index is -0.131. The third kappa shape index (κ3) is 5.75. The molecule has 1 unspecified atom stereocenters. The van der Waals surface area contributed by atoms with Gasteiger partial charge >= 0.3 is 0 Å². The number of rotatable bonds is 6. The van der Waals surface area contributed by atoms with Crippen LogP contribution in [0.1, 0.15) is 45.9 Å². The maximum absolute atomic E-state index is 5.81. The van der Waals surface area contributed by atoms with Crippen molar-refractivity contribution in [2.75, 3.05) is 13.2 Å². The van der Waals surface area contributed by atoms with Crippen molar-refractivity contribution < 1.29 is 4.74 Å². The molecule has 0 aromatic carbocycles. The Labute approximate surface area is 104 Å². The number of hydrogen-bond acceptors (Lipinski definition) is 4. The van der Waals surface area contributed by atoms with Crippen LogP contribution in [0.3, 0.4) is 0 Å². The molecular weight excluding hydrogens is 214 g/mol. The predicted molar refractivity (Wildman–Crippen MR) is 68.8 cm³/mol. The highest BCUT2D eigenvalue weighted by Crippen LogP contribution is 2.14. The molecule has 0 radical (unpaired) electrons. The van der Waals surface area contributed by atoms with E-state index < -0.39 is 0 Å². The Morgan fingerprint density at radius 3 is 2.65 bits per heavy atom. The van der Waals surface area contributed by atoms with Gasteiger partial charge in [-0.3, -0.25) is 9.97 Å². The largest absolute Gasteiger partial charge is 0.374 e. The maximum atomic E-state index is 5.81. The van der Waals surface area contributed by atoms with Crippen LogP contribution in [0.2, 0.25) is 0 Å². The van der Waals surface area contributed by atoms with E-state index in [9.17, 15) is 0 Å². The number of nitrogens with zero attached hydrogens (tertiary/aromatic N) is 2. The van der Waals surface area contributed by atoms with Crippen molar-refractivity contribution in [3.63, 3.8) is 0 Å². The minimum absolute atomic E-state index is 0.114. The molecule has 1 rings (SSSR count). The third-order valence-electron chi connectivity index (χ3n) is 2.26. The molecule has 1 heterocycles. The molecule has 0 saturated heterocycles. The maximum Gasteiger partial charge on any atom is 0.0779 e. The lowest BCUT2D eigenvalue weighted by atomic mass is 10.1. The third-order valence-corrected chi connectivity index (χ3v) is 2.26. The lowest BCUT2D eigenvalue weighted by molar-refractivity contribution is -0.0153. The number of hydrogen-bond donors (Lipinski definition) is 1. The molecular formula is C13H23N3O. The fourth-order valence-corrected chi connectivity index (χ4v) is 1.39. The van der Waals surface area contributed by atoms with E-state index in [1.165, 1.54) is 0 Å². The Hall–Kier alpha value is -1.00. The quantitative estimate of drug-likeness (QED) is 0.825. The first-order valence-electron chi connectivity index (χ1n) is 6.16. The van der Waals surface area contributed by atoms with Crippen LogP contribution in [0.25, 0.3) is 0 Å². The summed E-state index contributed by atoms with van der Waals surface area (Å²) in [5.74, 6) is 0. The predicted octanol–water partition coefficient (Wildman–Crippen LogP) is 2.33. The number of nitrogens with one attached hydrogen (secondary N) is 1. The average molecular weight is 237 g/mol. The Morgan fingerprint density at radius 1 is 1.35 bits per heavy atom. The molecule has 1 N–H and O–H groups in total. The molecule has 4 nitrogen and oxygen atoms in total. The van der Waals surface area contributed by atoms with Gasteiger partial charge in [0.05, 0.1) is 30.1 Å².